The standard InChI is InChI=1S/C12H9Cl3S/c1-7-4-5-16-12(7)11(15)9-6-8(13)2-3-10(9)14/h2-6,11H,1H3. The van der Waals surface area contributed by atoms with Crippen molar-refractivity contribution in [2.24, 2.45) is 0 Å². The molecule has 1 unspecified atom stereocenters. The zero-order valence-electron chi connectivity index (χ0n) is 8.51. The molecule has 2 rings (SSSR count). The van der Waals surface area contributed by atoms with Crippen molar-refractivity contribution in [2.45, 2.75) is 12.3 Å². The second-order valence-corrected chi connectivity index (χ2v) is 5.72. The van der Waals surface area contributed by atoms with Crippen LogP contribution in [0.2, 0.25) is 10.0 Å². The van der Waals surface area contributed by atoms with Gasteiger partial charge in [-0.25, -0.2) is 0 Å². The first-order valence-corrected chi connectivity index (χ1v) is 6.80. The van der Waals surface area contributed by atoms with E-state index >= 15 is 0 Å². The zero-order valence-corrected chi connectivity index (χ0v) is 11.6. The van der Waals surface area contributed by atoms with Crippen LogP contribution in [0.3, 0.4) is 0 Å². The molecule has 0 N–H and O–H groups in total. The summed E-state index contributed by atoms with van der Waals surface area (Å²) in [5.74, 6) is 0. The summed E-state index contributed by atoms with van der Waals surface area (Å²) in [6.07, 6.45) is 0. The van der Waals surface area contributed by atoms with E-state index in [-0.39, 0.29) is 5.38 Å². The minimum absolute atomic E-state index is 0.230. The highest BCUT2D eigenvalue weighted by Gasteiger charge is 2.17. The number of halogens is 3. The van der Waals surface area contributed by atoms with Gasteiger partial charge in [0, 0.05) is 14.9 Å². The van der Waals surface area contributed by atoms with Gasteiger partial charge < -0.3 is 0 Å². The molecule has 84 valence electrons. The summed E-state index contributed by atoms with van der Waals surface area (Å²) in [6, 6.07) is 7.41. The molecular weight excluding hydrogens is 283 g/mol. The number of hydrogen-bond acceptors (Lipinski definition) is 1. The van der Waals surface area contributed by atoms with E-state index < -0.39 is 0 Å². The smallest absolute Gasteiger partial charge is 0.0945 e. The highest BCUT2D eigenvalue weighted by atomic mass is 35.5. The van der Waals surface area contributed by atoms with Gasteiger partial charge in [-0.1, -0.05) is 23.2 Å². The lowest BCUT2D eigenvalue weighted by molar-refractivity contribution is 1.16. The molecule has 2 aromatic rings. The average Bonchev–Trinajstić information content (AvgIpc) is 2.67. The van der Waals surface area contributed by atoms with E-state index in [4.69, 9.17) is 34.8 Å². The van der Waals surface area contributed by atoms with Crippen LogP contribution < -0.4 is 0 Å². The van der Waals surface area contributed by atoms with Crippen molar-refractivity contribution in [1.29, 1.82) is 0 Å². The van der Waals surface area contributed by atoms with Gasteiger partial charge in [-0.05, 0) is 47.7 Å². The van der Waals surface area contributed by atoms with E-state index in [0.717, 1.165) is 10.4 Å². The molecule has 0 bridgehead atoms. The molecule has 0 aliphatic carbocycles. The fraction of sp³-hybridized carbons (Fsp3) is 0.167. The molecule has 16 heavy (non-hydrogen) atoms. The van der Waals surface area contributed by atoms with Crippen LogP contribution in [0.25, 0.3) is 0 Å². The Morgan fingerprint density at radius 3 is 2.56 bits per heavy atom. The van der Waals surface area contributed by atoms with Crippen molar-refractivity contribution in [3.8, 4) is 0 Å². The van der Waals surface area contributed by atoms with E-state index in [1.807, 2.05) is 24.4 Å². The van der Waals surface area contributed by atoms with Gasteiger partial charge in [-0.2, -0.15) is 0 Å². The van der Waals surface area contributed by atoms with Gasteiger partial charge in [0.25, 0.3) is 0 Å². The second kappa shape index (κ2) is 4.97. The number of thiophene rings is 1. The van der Waals surface area contributed by atoms with Crippen molar-refractivity contribution in [2.75, 3.05) is 0 Å². The SMILES string of the molecule is Cc1ccsc1C(Cl)c1cc(Cl)ccc1Cl. The van der Waals surface area contributed by atoms with Crippen LogP contribution in [-0.4, -0.2) is 0 Å². The van der Waals surface area contributed by atoms with Crippen molar-refractivity contribution in [1.82, 2.24) is 0 Å². The van der Waals surface area contributed by atoms with Gasteiger partial charge in [0.15, 0.2) is 0 Å². The number of hydrogen-bond donors (Lipinski definition) is 0. The van der Waals surface area contributed by atoms with Gasteiger partial charge in [0.05, 0.1) is 5.38 Å². The molecule has 4 heteroatoms. The van der Waals surface area contributed by atoms with Crippen LogP contribution in [0.1, 0.15) is 21.4 Å². The van der Waals surface area contributed by atoms with Crippen LogP contribution in [0, 0.1) is 6.92 Å². The summed E-state index contributed by atoms with van der Waals surface area (Å²) in [4.78, 5) is 1.12. The van der Waals surface area contributed by atoms with Crippen molar-refractivity contribution in [3.05, 3.63) is 55.7 Å². The molecule has 0 fully saturated rings. The van der Waals surface area contributed by atoms with E-state index in [9.17, 15) is 0 Å². The zero-order chi connectivity index (χ0) is 11.7. The maximum Gasteiger partial charge on any atom is 0.0945 e. The van der Waals surface area contributed by atoms with Gasteiger partial charge >= 0.3 is 0 Å². The Bertz CT molecular complexity index is 505. The van der Waals surface area contributed by atoms with E-state index in [1.165, 1.54) is 5.56 Å². The van der Waals surface area contributed by atoms with E-state index in [0.29, 0.717) is 10.0 Å². The van der Waals surface area contributed by atoms with Crippen LogP contribution in [0.5, 0.6) is 0 Å². The molecule has 0 aliphatic rings. The third kappa shape index (κ3) is 2.38. The highest BCUT2D eigenvalue weighted by Crippen LogP contribution is 2.38. The molecular formula is C12H9Cl3S. The number of alkyl halides is 1. The Morgan fingerprint density at radius 2 is 1.94 bits per heavy atom. The Balaban J connectivity index is 2.45. The van der Waals surface area contributed by atoms with Crippen LogP contribution in [-0.2, 0) is 0 Å². The van der Waals surface area contributed by atoms with Crippen LogP contribution in [0.15, 0.2) is 29.6 Å². The molecule has 0 nitrogen and oxygen atoms in total. The molecule has 0 saturated carbocycles. The first-order chi connectivity index (χ1) is 7.59. The third-order valence-corrected chi connectivity index (χ3v) is 4.61. The van der Waals surface area contributed by atoms with Gasteiger partial charge in [-0.3, -0.25) is 0 Å². The summed E-state index contributed by atoms with van der Waals surface area (Å²) in [5, 5.41) is 3.10. The Morgan fingerprint density at radius 1 is 1.19 bits per heavy atom. The summed E-state index contributed by atoms with van der Waals surface area (Å²) in [6.45, 7) is 2.04. The number of rotatable bonds is 2. The molecule has 1 aromatic carbocycles. The van der Waals surface area contributed by atoms with Gasteiger partial charge in [0.1, 0.15) is 0 Å². The van der Waals surface area contributed by atoms with Crippen molar-refractivity contribution in [3.63, 3.8) is 0 Å². The van der Waals surface area contributed by atoms with Crippen LogP contribution >= 0.6 is 46.1 Å². The molecule has 0 saturated heterocycles. The molecule has 0 amide bonds. The van der Waals surface area contributed by atoms with E-state index in [1.54, 1.807) is 23.5 Å². The maximum atomic E-state index is 6.42. The number of aryl methyl sites for hydroxylation is 1. The summed E-state index contributed by atoms with van der Waals surface area (Å²) in [5.41, 5.74) is 2.04. The van der Waals surface area contributed by atoms with E-state index in [2.05, 4.69) is 0 Å². The first-order valence-electron chi connectivity index (χ1n) is 4.72. The molecule has 1 heterocycles. The highest BCUT2D eigenvalue weighted by molar-refractivity contribution is 7.10. The lowest BCUT2D eigenvalue weighted by atomic mass is 10.1. The Kier molecular flexibility index (Phi) is 3.81. The molecule has 0 spiro atoms. The minimum atomic E-state index is -0.230. The number of benzene rings is 1. The van der Waals surface area contributed by atoms with Gasteiger partial charge in [0.2, 0.25) is 0 Å². The van der Waals surface area contributed by atoms with Crippen LogP contribution in [0.4, 0.5) is 0 Å². The summed E-state index contributed by atoms with van der Waals surface area (Å²) < 4.78 is 0. The average molecular weight is 292 g/mol. The fourth-order valence-corrected chi connectivity index (χ4v) is 3.38. The predicted octanol–water partition coefficient (Wildman–Crippen LogP) is 5.69. The molecule has 1 aromatic heterocycles. The molecule has 1 atom stereocenters. The monoisotopic (exact) mass is 290 g/mol. The van der Waals surface area contributed by atoms with Crippen molar-refractivity contribution >= 4 is 46.1 Å². The topological polar surface area (TPSA) is 0 Å². The lowest BCUT2D eigenvalue weighted by Gasteiger charge is -2.11. The largest absolute Gasteiger partial charge is 0.147 e. The second-order valence-electron chi connectivity index (χ2n) is 3.50. The van der Waals surface area contributed by atoms with Gasteiger partial charge in [-0.15, -0.1) is 22.9 Å². The third-order valence-electron chi connectivity index (χ3n) is 2.36. The normalized spacial score (nSPS) is 12.8. The Hall–Kier alpha value is -0.210. The summed E-state index contributed by atoms with van der Waals surface area (Å²) in [7, 11) is 0. The molecule has 0 radical (unpaired) electrons. The maximum absolute atomic E-state index is 6.42. The fourth-order valence-electron chi connectivity index (χ4n) is 1.49. The Labute approximate surface area is 114 Å². The first kappa shape index (κ1) is 12.3. The summed E-state index contributed by atoms with van der Waals surface area (Å²) >= 11 is 20.1. The predicted molar refractivity (Wildman–Crippen MR) is 73.2 cm³/mol. The van der Waals surface area contributed by atoms with Crippen molar-refractivity contribution < 1.29 is 0 Å². The minimum Gasteiger partial charge on any atom is -0.147 e. The quantitative estimate of drug-likeness (QED) is 0.623. The molecule has 0 aliphatic heterocycles. The lowest BCUT2D eigenvalue weighted by Crippen LogP contribution is -1.93.